The number of nitrogens with one attached hydrogen (secondary N) is 3. The minimum Gasteiger partial charge on any atom is -0.480 e. The first-order valence-corrected chi connectivity index (χ1v) is 9.47. The molecule has 0 aromatic rings. The van der Waals surface area contributed by atoms with Crippen molar-refractivity contribution < 1.29 is 44.3 Å². The summed E-state index contributed by atoms with van der Waals surface area (Å²) < 4.78 is 11.0. The number of aliphatic hydroxyl groups is 3. The SMILES string of the molecule is CC(=O)N[C@H]1[C@@H](O[C@H](C)[C@H](NC(=O)[C@@H]2CCCN2)C(=O)O)O[C@H](CO)[C@H](O)[C@@H]1O. The van der Waals surface area contributed by atoms with E-state index in [0.29, 0.717) is 13.0 Å². The van der Waals surface area contributed by atoms with Gasteiger partial charge in [0.15, 0.2) is 12.3 Å². The van der Waals surface area contributed by atoms with Gasteiger partial charge in [-0.3, -0.25) is 9.59 Å². The lowest BCUT2D eigenvalue weighted by Gasteiger charge is -2.43. The lowest BCUT2D eigenvalue weighted by Crippen LogP contribution is -2.65. The number of carbonyl (C=O) groups excluding carboxylic acids is 2. The first kappa shape index (κ1) is 23.4. The Labute approximate surface area is 167 Å². The van der Waals surface area contributed by atoms with Gasteiger partial charge in [0.25, 0.3) is 0 Å². The van der Waals surface area contributed by atoms with Crippen LogP contribution in [0.25, 0.3) is 0 Å². The predicted molar refractivity (Wildman–Crippen MR) is 96.5 cm³/mol. The van der Waals surface area contributed by atoms with Crippen LogP contribution in [0.15, 0.2) is 0 Å². The van der Waals surface area contributed by atoms with Gasteiger partial charge < -0.3 is 45.9 Å². The summed E-state index contributed by atoms with van der Waals surface area (Å²) in [5.74, 6) is -2.35. The van der Waals surface area contributed by atoms with Crippen molar-refractivity contribution in [3.05, 3.63) is 0 Å². The van der Waals surface area contributed by atoms with Crippen LogP contribution in [0.5, 0.6) is 0 Å². The molecule has 2 aliphatic heterocycles. The van der Waals surface area contributed by atoms with Gasteiger partial charge in [-0.05, 0) is 26.3 Å². The van der Waals surface area contributed by atoms with Gasteiger partial charge in [-0.2, -0.15) is 0 Å². The molecule has 0 aromatic heterocycles. The Balaban J connectivity index is 2.11. The molecule has 166 valence electrons. The van der Waals surface area contributed by atoms with Crippen LogP contribution < -0.4 is 16.0 Å². The second kappa shape index (κ2) is 10.3. The summed E-state index contributed by atoms with van der Waals surface area (Å²) in [6, 6.07) is -3.13. The summed E-state index contributed by atoms with van der Waals surface area (Å²) in [6.45, 7) is 2.61. The number of carboxylic acids is 1. The molecule has 12 heteroatoms. The minimum absolute atomic E-state index is 0.475. The van der Waals surface area contributed by atoms with Crippen molar-refractivity contribution in [1.82, 2.24) is 16.0 Å². The van der Waals surface area contributed by atoms with Gasteiger partial charge >= 0.3 is 5.97 Å². The maximum absolute atomic E-state index is 12.3. The predicted octanol–water partition coefficient (Wildman–Crippen LogP) is -3.34. The van der Waals surface area contributed by atoms with Gasteiger partial charge in [-0.15, -0.1) is 0 Å². The van der Waals surface area contributed by atoms with E-state index in [-0.39, 0.29) is 0 Å². The van der Waals surface area contributed by atoms with E-state index >= 15 is 0 Å². The largest absolute Gasteiger partial charge is 0.480 e. The summed E-state index contributed by atoms with van der Waals surface area (Å²) in [6.07, 6.45) is -5.32. The molecule has 0 spiro atoms. The molecule has 12 nitrogen and oxygen atoms in total. The van der Waals surface area contributed by atoms with Crippen molar-refractivity contribution in [2.45, 2.75) is 75.5 Å². The standard InChI is InChI=1S/C17H29N3O9/c1-7(11(16(26)27)20-15(25)9-4-3-5-18-9)28-17-12(19-8(2)22)14(24)13(23)10(6-21)29-17/h7,9-14,17-18,21,23-24H,3-6H2,1-2H3,(H,19,22)(H,20,25)(H,26,27)/t7-,9+,10-,11+,12-,13+,14-,17+/m1/s1. The second-order valence-corrected chi connectivity index (χ2v) is 7.25. The smallest absolute Gasteiger partial charge is 0.328 e. The molecule has 2 fully saturated rings. The Kier molecular flexibility index (Phi) is 8.31. The van der Waals surface area contributed by atoms with Crippen LogP contribution in [0.1, 0.15) is 26.7 Å². The highest BCUT2D eigenvalue weighted by molar-refractivity contribution is 5.87. The Hall–Kier alpha value is -1.83. The highest BCUT2D eigenvalue weighted by Gasteiger charge is 2.46. The molecule has 8 atom stereocenters. The van der Waals surface area contributed by atoms with Crippen molar-refractivity contribution in [2.24, 2.45) is 0 Å². The summed E-state index contributed by atoms with van der Waals surface area (Å²) in [4.78, 5) is 35.4. The molecule has 2 rings (SSSR count). The topological polar surface area (TPSA) is 187 Å². The zero-order valence-corrected chi connectivity index (χ0v) is 16.3. The first-order chi connectivity index (χ1) is 13.6. The highest BCUT2D eigenvalue weighted by Crippen LogP contribution is 2.24. The maximum atomic E-state index is 12.3. The van der Waals surface area contributed by atoms with Crippen LogP contribution in [0, 0.1) is 0 Å². The number of ether oxygens (including phenoxy) is 2. The van der Waals surface area contributed by atoms with Gasteiger partial charge in [0.05, 0.1) is 18.8 Å². The van der Waals surface area contributed by atoms with Gasteiger partial charge in [0.2, 0.25) is 11.8 Å². The maximum Gasteiger partial charge on any atom is 0.328 e. The van der Waals surface area contributed by atoms with Crippen molar-refractivity contribution >= 4 is 17.8 Å². The van der Waals surface area contributed by atoms with Crippen LogP contribution in [-0.4, -0.2) is 100 Å². The van der Waals surface area contributed by atoms with Crippen LogP contribution in [0.4, 0.5) is 0 Å². The zero-order chi connectivity index (χ0) is 21.7. The molecule has 0 aliphatic carbocycles. The Morgan fingerprint density at radius 3 is 2.48 bits per heavy atom. The summed E-state index contributed by atoms with van der Waals surface area (Å²) in [5, 5.41) is 46.9. The Morgan fingerprint density at radius 2 is 1.97 bits per heavy atom. The van der Waals surface area contributed by atoms with Gasteiger partial charge in [-0.25, -0.2) is 4.79 Å². The number of aliphatic carboxylic acids is 1. The minimum atomic E-state index is -1.53. The number of rotatable bonds is 8. The molecule has 0 unspecified atom stereocenters. The fraction of sp³-hybridized carbons (Fsp3) is 0.824. The first-order valence-electron chi connectivity index (χ1n) is 9.47. The van der Waals surface area contributed by atoms with Gasteiger partial charge in [0.1, 0.15) is 24.4 Å². The third-order valence-corrected chi connectivity index (χ3v) is 5.01. The molecule has 7 N–H and O–H groups in total. The third kappa shape index (κ3) is 5.84. The molecule has 0 aromatic carbocycles. The van der Waals surface area contributed by atoms with Crippen molar-refractivity contribution in [3.63, 3.8) is 0 Å². The molecular formula is C17H29N3O9. The number of aliphatic hydroxyl groups excluding tert-OH is 3. The van der Waals surface area contributed by atoms with E-state index in [1.54, 1.807) is 0 Å². The molecule has 0 radical (unpaired) electrons. The van der Waals surface area contributed by atoms with E-state index in [9.17, 15) is 34.8 Å². The fourth-order valence-electron chi connectivity index (χ4n) is 3.42. The lowest BCUT2D eigenvalue weighted by molar-refractivity contribution is -0.282. The number of hydrogen-bond acceptors (Lipinski definition) is 9. The average molecular weight is 419 g/mol. The number of carbonyl (C=O) groups is 3. The Morgan fingerprint density at radius 1 is 1.28 bits per heavy atom. The van der Waals surface area contributed by atoms with E-state index in [0.717, 1.165) is 6.42 Å². The molecule has 0 saturated carbocycles. The molecule has 2 aliphatic rings. The second-order valence-electron chi connectivity index (χ2n) is 7.25. The molecule has 2 amide bonds. The molecule has 2 heterocycles. The number of carboxylic acid groups (broad SMARTS) is 1. The van der Waals surface area contributed by atoms with Crippen LogP contribution in [-0.2, 0) is 23.9 Å². The zero-order valence-electron chi connectivity index (χ0n) is 16.3. The van der Waals surface area contributed by atoms with Crippen molar-refractivity contribution in [2.75, 3.05) is 13.2 Å². The number of amides is 2. The van der Waals surface area contributed by atoms with Crippen molar-refractivity contribution in [1.29, 1.82) is 0 Å². The summed E-state index contributed by atoms with van der Waals surface area (Å²) in [5.41, 5.74) is 0. The molecular weight excluding hydrogens is 390 g/mol. The number of hydrogen-bond donors (Lipinski definition) is 7. The van der Waals surface area contributed by atoms with Gasteiger partial charge in [-0.1, -0.05) is 0 Å². The summed E-state index contributed by atoms with van der Waals surface area (Å²) in [7, 11) is 0. The highest BCUT2D eigenvalue weighted by atomic mass is 16.7. The Bertz CT molecular complexity index is 599. The van der Waals surface area contributed by atoms with E-state index < -0.39 is 73.2 Å². The van der Waals surface area contributed by atoms with E-state index in [1.807, 2.05) is 0 Å². The summed E-state index contributed by atoms with van der Waals surface area (Å²) >= 11 is 0. The normalized spacial score (nSPS) is 34.2. The molecule has 0 bridgehead atoms. The quantitative estimate of drug-likeness (QED) is 0.210. The van der Waals surface area contributed by atoms with Gasteiger partial charge in [0, 0.05) is 6.92 Å². The van der Waals surface area contributed by atoms with E-state index in [2.05, 4.69) is 16.0 Å². The molecule has 29 heavy (non-hydrogen) atoms. The average Bonchev–Trinajstić information content (AvgIpc) is 3.19. The van der Waals surface area contributed by atoms with Crippen LogP contribution >= 0.6 is 0 Å². The van der Waals surface area contributed by atoms with E-state index in [4.69, 9.17) is 9.47 Å². The van der Waals surface area contributed by atoms with Crippen molar-refractivity contribution in [3.8, 4) is 0 Å². The van der Waals surface area contributed by atoms with Crippen LogP contribution in [0.3, 0.4) is 0 Å². The van der Waals surface area contributed by atoms with E-state index in [1.165, 1.54) is 13.8 Å². The molecule has 2 saturated heterocycles. The lowest BCUT2D eigenvalue weighted by atomic mass is 9.96. The third-order valence-electron chi connectivity index (χ3n) is 5.01. The fourth-order valence-corrected chi connectivity index (χ4v) is 3.42. The van der Waals surface area contributed by atoms with Crippen LogP contribution in [0.2, 0.25) is 0 Å². The monoisotopic (exact) mass is 419 g/mol.